The lowest BCUT2D eigenvalue weighted by Crippen LogP contribution is -2.26. The highest BCUT2D eigenvalue weighted by Crippen LogP contribution is 2.30. The maximum Gasteiger partial charge on any atom is 0.175 e. The second-order valence-electron chi connectivity index (χ2n) is 3.54. The summed E-state index contributed by atoms with van der Waals surface area (Å²) >= 11 is 7.41. The Labute approximate surface area is 131 Å². The molecule has 0 unspecified atom stereocenters. The van der Waals surface area contributed by atoms with Crippen molar-refractivity contribution in [2.75, 3.05) is 24.3 Å². The number of hydrogen-bond donors (Lipinski definition) is 2. The van der Waals surface area contributed by atoms with Gasteiger partial charge in [-0.25, -0.2) is 4.39 Å². The zero-order valence-corrected chi connectivity index (χ0v) is 12.7. The molecule has 1 aromatic carbocycles. The summed E-state index contributed by atoms with van der Waals surface area (Å²) in [6.45, 7) is 0.828. The van der Waals surface area contributed by atoms with Gasteiger partial charge in [0.2, 0.25) is 0 Å². The highest BCUT2D eigenvalue weighted by atomic mass is 35.5. The van der Waals surface area contributed by atoms with Crippen LogP contribution in [0.25, 0.3) is 0 Å². The quantitative estimate of drug-likeness (QED) is 0.656. The van der Waals surface area contributed by atoms with Crippen LogP contribution in [0.15, 0.2) is 17.1 Å². The normalized spacial score (nSPS) is 12.9. The first-order chi connectivity index (χ1) is 9.20. The first-order valence-electron chi connectivity index (χ1n) is 5.45. The molecule has 20 heavy (non-hydrogen) atoms. The highest BCUT2D eigenvalue weighted by molar-refractivity contribution is 8.14. The van der Waals surface area contributed by atoms with Crippen molar-refractivity contribution in [2.45, 2.75) is 0 Å². The van der Waals surface area contributed by atoms with Crippen molar-refractivity contribution in [2.24, 2.45) is 4.99 Å². The number of terminal acetylenes is 1. The fourth-order valence-electron chi connectivity index (χ4n) is 1.39. The van der Waals surface area contributed by atoms with Gasteiger partial charge in [-0.2, -0.15) is 0 Å². The van der Waals surface area contributed by atoms with E-state index >= 15 is 0 Å². The standard InChI is InChI=1S/C12H11ClFN3OS.ClH/c1-2-4-18-11-7-10(9(14)6-8(11)13)16-17-12-15-3-5-19-12;/h1,6-7,16H,3-5H2,(H,15,17);1H. The zero-order chi connectivity index (χ0) is 13.7. The number of amidine groups is 1. The lowest BCUT2D eigenvalue weighted by molar-refractivity contribution is 0.370. The molecule has 8 heteroatoms. The molecule has 2 N–H and O–H groups in total. The van der Waals surface area contributed by atoms with E-state index in [1.807, 2.05) is 0 Å². The van der Waals surface area contributed by atoms with Gasteiger partial charge in [-0.15, -0.1) is 18.8 Å². The second kappa shape index (κ2) is 8.10. The summed E-state index contributed by atoms with van der Waals surface area (Å²) in [6.07, 6.45) is 5.10. The highest BCUT2D eigenvalue weighted by Gasteiger charge is 2.11. The number of halogens is 3. The van der Waals surface area contributed by atoms with Crippen molar-refractivity contribution in [1.29, 1.82) is 0 Å². The number of nitrogens with one attached hydrogen (secondary N) is 2. The van der Waals surface area contributed by atoms with E-state index in [0.717, 1.165) is 17.5 Å². The van der Waals surface area contributed by atoms with Gasteiger partial charge in [-0.1, -0.05) is 29.3 Å². The molecular weight excluding hydrogens is 324 g/mol. The van der Waals surface area contributed by atoms with Gasteiger partial charge in [0.25, 0.3) is 0 Å². The van der Waals surface area contributed by atoms with Gasteiger partial charge in [0.05, 0.1) is 17.3 Å². The molecule has 0 aromatic heterocycles. The molecule has 0 fully saturated rings. The smallest absolute Gasteiger partial charge is 0.175 e. The summed E-state index contributed by atoms with van der Waals surface area (Å²) in [7, 11) is 0. The average Bonchev–Trinajstić information content (AvgIpc) is 2.90. The van der Waals surface area contributed by atoms with E-state index in [-0.39, 0.29) is 29.7 Å². The van der Waals surface area contributed by atoms with Crippen LogP contribution in [0.3, 0.4) is 0 Å². The Morgan fingerprint density at radius 3 is 2.95 bits per heavy atom. The number of rotatable bonds is 4. The molecule has 0 spiro atoms. The Hall–Kier alpha value is -1.29. The van der Waals surface area contributed by atoms with Crippen molar-refractivity contribution < 1.29 is 9.13 Å². The van der Waals surface area contributed by atoms with Gasteiger partial charge in [0.1, 0.15) is 18.2 Å². The van der Waals surface area contributed by atoms with Gasteiger partial charge in [-0.05, 0) is 6.07 Å². The number of aliphatic imine (C=N–C) groups is 1. The number of ether oxygens (including phenoxy) is 1. The van der Waals surface area contributed by atoms with Crippen LogP contribution < -0.4 is 15.6 Å². The lowest BCUT2D eigenvalue weighted by Gasteiger charge is -2.12. The Kier molecular flexibility index (Phi) is 6.79. The summed E-state index contributed by atoms with van der Waals surface area (Å²) in [5.74, 6) is 3.08. The maximum absolute atomic E-state index is 13.7. The summed E-state index contributed by atoms with van der Waals surface area (Å²) in [6, 6.07) is 2.61. The fourth-order valence-corrected chi connectivity index (χ4v) is 2.27. The number of anilines is 1. The van der Waals surface area contributed by atoms with Crippen LogP contribution in [0.5, 0.6) is 5.75 Å². The molecule has 0 bridgehead atoms. The minimum absolute atomic E-state index is 0. The molecule has 1 aliphatic heterocycles. The summed E-state index contributed by atoms with van der Waals surface area (Å²) < 4.78 is 18.9. The molecule has 1 aliphatic rings. The maximum atomic E-state index is 13.7. The first-order valence-corrected chi connectivity index (χ1v) is 6.81. The Balaban J connectivity index is 0.00000200. The number of benzene rings is 1. The zero-order valence-electron chi connectivity index (χ0n) is 10.3. The second-order valence-corrected chi connectivity index (χ2v) is 5.03. The molecule has 0 aliphatic carbocycles. The van der Waals surface area contributed by atoms with Crippen molar-refractivity contribution in [3.8, 4) is 18.1 Å². The molecule has 0 atom stereocenters. The molecule has 0 amide bonds. The monoisotopic (exact) mass is 335 g/mol. The van der Waals surface area contributed by atoms with Crippen molar-refractivity contribution in [1.82, 2.24) is 5.43 Å². The van der Waals surface area contributed by atoms with E-state index in [2.05, 4.69) is 21.8 Å². The van der Waals surface area contributed by atoms with E-state index in [9.17, 15) is 4.39 Å². The topological polar surface area (TPSA) is 45.6 Å². The third-order valence-corrected chi connectivity index (χ3v) is 3.41. The van der Waals surface area contributed by atoms with Crippen LogP contribution in [0.1, 0.15) is 0 Å². The average molecular weight is 336 g/mol. The van der Waals surface area contributed by atoms with E-state index < -0.39 is 5.82 Å². The van der Waals surface area contributed by atoms with Gasteiger partial charge in [0.15, 0.2) is 5.17 Å². The van der Waals surface area contributed by atoms with Gasteiger partial charge >= 0.3 is 0 Å². The van der Waals surface area contributed by atoms with Crippen LogP contribution >= 0.6 is 35.8 Å². The van der Waals surface area contributed by atoms with Gasteiger partial charge in [-0.3, -0.25) is 15.8 Å². The summed E-state index contributed by atoms with van der Waals surface area (Å²) in [5, 5.41) is 0.895. The molecule has 108 valence electrons. The van der Waals surface area contributed by atoms with Gasteiger partial charge in [0, 0.05) is 11.8 Å². The van der Waals surface area contributed by atoms with E-state index in [1.54, 1.807) is 11.8 Å². The molecule has 1 aromatic rings. The van der Waals surface area contributed by atoms with Crippen LogP contribution in [-0.2, 0) is 0 Å². The minimum Gasteiger partial charge on any atom is -0.479 e. The molecule has 0 saturated carbocycles. The number of thioether (sulfide) groups is 1. The third kappa shape index (κ3) is 4.37. The van der Waals surface area contributed by atoms with E-state index in [0.29, 0.717) is 5.75 Å². The van der Waals surface area contributed by atoms with Crippen molar-refractivity contribution in [3.63, 3.8) is 0 Å². The molecule has 2 rings (SSSR count). The Morgan fingerprint density at radius 1 is 1.50 bits per heavy atom. The number of hydrogen-bond acceptors (Lipinski definition) is 5. The minimum atomic E-state index is -0.492. The summed E-state index contributed by atoms with van der Waals surface area (Å²) in [5.41, 5.74) is 5.77. The van der Waals surface area contributed by atoms with E-state index in [1.165, 1.54) is 12.1 Å². The molecule has 4 nitrogen and oxygen atoms in total. The largest absolute Gasteiger partial charge is 0.479 e. The van der Waals surface area contributed by atoms with Crippen LogP contribution in [0.4, 0.5) is 10.1 Å². The van der Waals surface area contributed by atoms with Crippen LogP contribution in [-0.4, -0.2) is 24.1 Å². The van der Waals surface area contributed by atoms with Crippen LogP contribution in [0.2, 0.25) is 5.02 Å². The van der Waals surface area contributed by atoms with Crippen molar-refractivity contribution >= 4 is 46.6 Å². The molecular formula is C12H12Cl2FN3OS. The predicted octanol–water partition coefficient (Wildman–Crippen LogP) is 2.93. The van der Waals surface area contributed by atoms with Crippen molar-refractivity contribution in [3.05, 3.63) is 23.0 Å². The predicted molar refractivity (Wildman–Crippen MR) is 84.5 cm³/mol. The summed E-state index contributed by atoms with van der Waals surface area (Å²) in [4.78, 5) is 4.17. The Morgan fingerprint density at radius 2 is 2.30 bits per heavy atom. The molecule has 1 heterocycles. The molecule has 0 radical (unpaired) electrons. The molecule has 0 saturated heterocycles. The SMILES string of the molecule is C#CCOc1cc(NNC2=NCCS2)c(F)cc1Cl.Cl. The lowest BCUT2D eigenvalue weighted by atomic mass is 10.3. The first kappa shape index (κ1) is 16.8. The van der Waals surface area contributed by atoms with Crippen LogP contribution in [0, 0.1) is 18.2 Å². The Bertz CT molecular complexity index is 548. The number of hydrazine groups is 1. The van der Waals surface area contributed by atoms with E-state index in [4.69, 9.17) is 22.8 Å². The van der Waals surface area contributed by atoms with Gasteiger partial charge < -0.3 is 4.74 Å². The number of nitrogens with zero attached hydrogens (tertiary/aromatic N) is 1. The third-order valence-electron chi connectivity index (χ3n) is 2.22. The fraction of sp³-hybridized carbons (Fsp3) is 0.250.